The Morgan fingerprint density at radius 2 is 1.26 bits per heavy atom. The number of hydrogen-bond acceptors (Lipinski definition) is 4. The van der Waals surface area contributed by atoms with Crippen LogP contribution in [-0.4, -0.2) is 25.7 Å². The lowest BCUT2D eigenvalue weighted by atomic mass is 10.0. The Balaban J connectivity index is 1.73. The molecule has 178 valence electrons. The molecule has 0 aliphatic rings. The highest BCUT2D eigenvalue weighted by Gasteiger charge is 2.04. The van der Waals surface area contributed by atoms with Gasteiger partial charge in [0.25, 0.3) is 0 Å². The van der Waals surface area contributed by atoms with Crippen molar-refractivity contribution in [3.63, 3.8) is 0 Å². The quantitative estimate of drug-likeness (QED) is 0.106. The van der Waals surface area contributed by atoms with E-state index in [4.69, 9.17) is 9.78 Å². The number of hydrogen-bond donors (Lipinski definition) is 1. The lowest BCUT2D eigenvalue weighted by molar-refractivity contribution is -0.695. The molecule has 1 aromatic heterocycles. The lowest BCUT2D eigenvalue weighted by Gasteiger charge is -2.05. The maximum atomic E-state index is 11.6. The van der Waals surface area contributed by atoms with Gasteiger partial charge in [0.1, 0.15) is 0 Å². The second kappa shape index (κ2) is 21.8. The standard InChI is InChI=1S/C26H47N2O3/c1-2-3-4-5-6-7-8-9-10-11-12-13-14-15-19-24-30-31-26(29)25-27-20-23-28-21-17-16-18-22-28/h16-18,21-22,27H,2-15,19-20,23-25H2,1H3/q+1. The van der Waals surface area contributed by atoms with Crippen LogP contribution >= 0.6 is 0 Å². The van der Waals surface area contributed by atoms with Crippen LogP contribution in [0.15, 0.2) is 30.6 Å². The van der Waals surface area contributed by atoms with E-state index in [2.05, 4.69) is 16.8 Å². The molecule has 5 nitrogen and oxygen atoms in total. The summed E-state index contributed by atoms with van der Waals surface area (Å²) in [6, 6.07) is 5.96. The van der Waals surface area contributed by atoms with Crippen LogP contribution in [0.2, 0.25) is 0 Å². The minimum atomic E-state index is -0.362. The summed E-state index contributed by atoms with van der Waals surface area (Å²) in [5.41, 5.74) is 0. The molecule has 5 heteroatoms. The second-order valence-corrected chi connectivity index (χ2v) is 8.52. The Labute approximate surface area is 190 Å². The van der Waals surface area contributed by atoms with E-state index in [1.807, 2.05) is 30.6 Å². The average Bonchev–Trinajstić information content (AvgIpc) is 2.79. The first kappa shape index (κ1) is 27.6. The van der Waals surface area contributed by atoms with Crippen molar-refractivity contribution in [2.75, 3.05) is 19.7 Å². The highest BCUT2D eigenvalue weighted by Crippen LogP contribution is 2.13. The SMILES string of the molecule is CCCCCCCCCCCCCCCCCOOC(=O)CNCC[n+]1ccccc1. The first-order valence-corrected chi connectivity index (χ1v) is 12.8. The zero-order chi connectivity index (χ0) is 22.2. The zero-order valence-electron chi connectivity index (χ0n) is 20.0. The van der Waals surface area contributed by atoms with Crippen molar-refractivity contribution in [2.45, 2.75) is 110 Å². The third-order valence-electron chi connectivity index (χ3n) is 5.58. The largest absolute Gasteiger partial charge is 0.355 e. The van der Waals surface area contributed by atoms with Crippen molar-refractivity contribution in [1.82, 2.24) is 5.32 Å². The molecule has 0 saturated heterocycles. The summed E-state index contributed by atoms with van der Waals surface area (Å²) in [4.78, 5) is 21.4. The van der Waals surface area contributed by atoms with Gasteiger partial charge in [-0.15, -0.1) is 0 Å². The predicted octanol–water partition coefficient (Wildman–Crippen LogP) is 5.91. The van der Waals surface area contributed by atoms with Gasteiger partial charge in [0.2, 0.25) is 0 Å². The molecule has 0 saturated carbocycles. The summed E-state index contributed by atoms with van der Waals surface area (Å²) in [6.45, 7) is 4.46. The molecular formula is C26H47N2O3+. The summed E-state index contributed by atoms with van der Waals surface area (Å²) >= 11 is 0. The van der Waals surface area contributed by atoms with Gasteiger partial charge in [0.15, 0.2) is 18.9 Å². The zero-order valence-corrected chi connectivity index (χ0v) is 20.0. The summed E-state index contributed by atoms with van der Waals surface area (Å²) in [5.74, 6) is -0.362. The first-order valence-electron chi connectivity index (χ1n) is 12.8. The van der Waals surface area contributed by atoms with Crippen molar-refractivity contribution in [2.24, 2.45) is 0 Å². The number of nitrogens with one attached hydrogen (secondary N) is 1. The molecule has 1 heterocycles. The lowest BCUT2D eigenvalue weighted by Crippen LogP contribution is -2.39. The van der Waals surface area contributed by atoms with Gasteiger partial charge in [-0.1, -0.05) is 103 Å². The van der Waals surface area contributed by atoms with Crippen LogP contribution in [0.3, 0.4) is 0 Å². The van der Waals surface area contributed by atoms with Crippen LogP contribution in [0, 0.1) is 0 Å². The number of carbonyl (C=O) groups is 1. The summed E-state index contributed by atoms with van der Waals surface area (Å²) in [5, 5.41) is 3.07. The Morgan fingerprint density at radius 3 is 1.81 bits per heavy atom. The van der Waals surface area contributed by atoms with Crippen LogP contribution in [0.25, 0.3) is 0 Å². The van der Waals surface area contributed by atoms with E-state index in [9.17, 15) is 4.79 Å². The number of rotatable bonds is 22. The summed E-state index contributed by atoms with van der Waals surface area (Å²) < 4.78 is 2.06. The van der Waals surface area contributed by atoms with Gasteiger partial charge >= 0.3 is 5.97 Å². The molecule has 0 spiro atoms. The second-order valence-electron chi connectivity index (χ2n) is 8.52. The molecule has 0 amide bonds. The van der Waals surface area contributed by atoms with E-state index in [1.54, 1.807) is 0 Å². The van der Waals surface area contributed by atoms with Crippen LogP contribution in [0.5, 0.6) is 0 Å². The first-order chi connectivity index (χ1) is 15.3. The van der Waals surface area contributed by atoms with Crippen molar-refractivity contribution in [3.8, 4) is 0 Å². The van der Waals surface area contributed by atoms with Gasteiger partial charge in [-0.25, -0.2) is 9.36 Å². The van der Waals surface area contributed by atoms with Crippen molar-refractivity contribution in [3.05, 3.63) is 30.6 Å². The van der Waals surface area contributed by atoms with Gasteiger partial charge in [-0.3, -0.25) is 4.89 Å². The minimum Gasteiger partial charge on any atom is -0.301 e. The fourth-order valence-electron chi connectivity index (χ4n) is 3.65. The smallest absolute Gasteiger partial charge is 0.301 e. The molecule has 0 fully saturated rings. The van der Waals surface area contributed by atoms with Crippen LogP contribution in [0.1, 0.15) is 103 Å². The topological polar surface area (TPSA) is 51.4 Å². The molecule has 1 aromatic rings. The van der Waals surface area contributed by atoms with E-state index < -0.39 is 0 Å². The maximum Gasteiger partial charge on any atom is 0.355 e. The van der Waals surface area contributed by atoms with Crippen LogP contribution in [-0.2, 0) is 21.1 Å². The normalized spacial score (nSPS) is 11.0. The van der Waals surface area contributed by atoms with Crippen LogP contribution < -0.4 is 9.88 Å². The van der Waals surface area contributed by atoms with Crippen molar-refractivity contribution < 1.29 is 19.1 Å². The van der Waals surface area contributed by atoms with Gasteiger partial charge in [-0.2, -0.15) is 4.89 Å². The Morgan fingerprint density at radius 1 is 0.742 bits per heavy atom. The van der Waals surface area contributed by atoms with E-state index >= 15 is 0 Å². The molecule has 0 atom stereocenters. The molecule has 0 aliphatic carbocycles. The average molecular weight is 436 g/mol. The Kier molecular flexibility index (Phi) is 19.4. The summed E-state index contributed by atoms with van der Waals surface area (Å²) in [7, 11) is 0. The fraction of sp³-hybridized carbons (Fsp3) is 0.769. The predicted molar refractivity (Wildman–Crippen MR) is 126 cm³/mol. The maximum absolute atomic E-state index is 11.6. The van der Waals surface area contributed by atoms with Gasteiger partial charge in [-0.05, 0) is 6.42 Å². The van der Waals surface area contributed by atoms with E-state index in [0.29, 0.717) is 13.2 Å². The number of pyridine rings is 1. The number of unbranched alkanes of at least 4 members (excludes halogenated alkanes) is 14. The molecule has 1 N–H and O–H groups in total. The highest BCUT2D eigenvalue weighted by atomic mass is 17.2. The van der Waals surface area contributed by atoms with E-state index in [0.717, 1.165) is 19.4 Å². The van der Waals surface area contributed by atoms with Crippen LogP contribution in [0.4, 0.5) is 0 Å². The third kappa shape index (κ3) is 19.0. The monoisotopic (exact) mass is 435 g/mol. The van der Waals surface area contributed by atoms with Gasteiger partial charge in [0, 0.05) is 12.1 Å². The molecule has 1 rings (SSSR count). The minimum absolute atomic E-state index is 0.173. The van der Waals surface area contributed by atoms with Crippen molar-refractivity contribution >= 4 is 5.97 Å². The highest BCUT2D eigenvalue weighted by molar-refractivity contribution is 5.70. The van der Waals surface area contributed by atoms with Crippen molar-refractivity contribution in [1.29, 1.82) is 0 Å². The number of nitrogens with zero attached hydrogens (tertiary/aromatic N) is 1. The molecule has 31 heavy (non-hydrogen) atoms. The molecule has 0 bridgehead atoms. The number of carbonyl (C=O) groups excluding carboxylic acids is 1. The molecule has 0 aliphatic heterocycles. The third-order valence-corrected chi connectivity index (χ3v) is 5.58. The molecule has 0 unspecified atom stereocenters. The fourth-order valence-corrected chi connectivity index (χ4v) is 3.65. The van der Waals surface area contributed by atoms with E-state index in [-0.39, 0.29) is 12.5 Å². The van der Waals surface area contributed by atoms with Gasteiger partial charge in [0.05, 0.1) is 19.7 Å². The Bertz CT molecular complexity index is 511. The van der Waals surface area contributed by atoms with Gasteiger partial charge < -0.3 is 5.32 Å². The number of aromatic nitrogens is 1. The van der Waals surface area contributed by atoms with E-state index in [1.165, 1.54) is 83.5 Å². The molecule has 0 aromatic carbocycles. The Hall–Kier alpha value is -1.46. The molecular weight excluding hydrogens is 388 g/mol. The summed E-state index contributed by atoms with van der Waals surface area (Å²) in [6.07, 6.45) is 24.0. The molecule has 0 radical (unpaired) electrons.